The number of aromatic nitrogens is 3. The molecule has 5 rings (SSSR count). The van der Waals surface area contributed by atoms with E-state index in [2.05, 4.69) is 15.0 Å². The van der Waals surface area contributed by atoms with Gasteiger partial charge in [0, 0.05) is 49.6 Å². The van der Waals surface area contributed by atoms with E-state index >= 15 is 0 Å². The summed E-state index contributed by atoms with van der Waals surface area (Å²) in [5.41, 5.74) is 2.22. The molecule has 154 valence electrons. The van der Waals surface area contributed by atoms with Gasteiger partial charge >= 0.3 is 0 Å². The fourth-order valence-electron chi connectivity index (χ4n) is 3.67. The summed E-state index contributed by atoms with van der Waals surface area (Å²) in [4.78, 5) is 26.0. The Morgan fingerprint density at radius 2 is 1.52 bits per heavy atom. The van der Waals surface area contributed by atoms with E-state index in [-0.39, 0.29) is 5.91 Å². The molecule has 0 bridgehead atoms. The summed E-state index contributed by atoms with van der Waals surface area (Å²) in [6.07, 6.45) is 1.78. The third-order valence-corrected chi connectivity index (χ3v) is 5.35. The van der Waals surface area contributed by atoms with Gasteiger partial charge in [-0.05, 0) is 6.07 Å². The first-order valence-electron chi connectivity index (χ1n) is 10.2. The van der Waals surface area contributed by atoms with Crippen molar-refractivity contribution in [3.8, 4) is 22.7 Å². The average molecular weight is 411 g/mol. The average Bonchev–Trinajstić information content (AvgIpc) is 3.35. The van der Waals surface area contributed by atoms with Crippen molar-refractivity contribution in [1.29, 1.82) is 0 Å². The second-order valence-electron chi connectivity index (χ2n) is 7.33. The number of carbonyl (C=O) groups excluding carboxylic acids is 1. The van der Waals surface area contributed by atoms with Crippen LogP contribution in [0.1, 0.15) is 10.5 Å². The van der Waals surface area contributed by atoms with Crippen molar-refractivity contribution in [2.24, 2.45) is 0 Å². The number of carbonyl (C=O) groups is 1. The summed E-state index contributed by atoms with van der Waals surface area (Å²) in [6.45, 7) is 2.58. The number of benzene rings is 2. The third kappa shape index (κ3) is 4.02. The van der Waals surface area contributed by atoms with E-state index in [4.69, 9.17) is 9.51 Å². The first kappa shape index (κ1) is 19.0. The normalized spacial score (nSPS) is 13.9. The van der Waals surface area contributed by atoms with Crippen LogP contribution in [0.3, 0.4) is 0 Å². The minimum Gasteiger partial charge on any atom is -0.355 e. The van der Waals surface area contributed by atoms with Crippen LogP contribution in [-0.4, -0.2) is 52.1 Å². The Labute approximate surface area is 180 Å². The second-order valence-corrected chi connectivity index (χ2v) is 7.33. The molecule has 2 aromatic heterocycles. The van der Waals surface area contributed by atoms with Crippen molar-refractivity contribution >= 4 is 11.7 Å². The van der Waals surface area contributed by atoms with Gasteiger partial charge in [-0.1, -0.05) is 65.8 Å². The predicted molar refractivity (Wildman–Crippen MR) is 118 cm³/mol. The Balaban J connectivity index is 1.25. The number of anilines is 1. The molecule has 1 aliphatic rings. The molecular formula is C24H21N5O2. The molecule has 4 aromatic rings. The summed E-state index contributed by atoms with van der Waals surface area (Å²) in [5.74, 6) is 2.05. The van der Waals surface area contributed by atoms with E-state index in [1.165, 1.54) is 0 Å². The van der Waals surface area contributed by atoms with E-state index in [0.717, 1.165) is 16.9 Å². The zero-order chi connectivity index (χ0) is 21.0. The number of rotatable bonds is 4. The molecule has 1 fully saturated rings. The van der Waals surface area contributed by atoms with E-state index in [0.29, 0.717) is 43.5 Å². The molecule has 31 heavy (non-hydrogen) atoms. The van der Waals surface area contributed by atoms with Crippen LogP contribution in [0.2, 0.25) is 0 Å². The molecular weight excluding hydrogens is 390 g/mol. The lowest BCUT2D eigenvalue weighted by atomic mass is 10.1. The van der Waals surface area contributed by atoms with Crippen molar-refractivity contribution in [3.63, 3.8) is 0 Å². The minimum atomic E-state index is -0.113. The van der Waals surface area contributed by atoms with Gasteiger partial charge in [0.05, 0.1) is 0 Å². The van der Waals surface area contributed by atoms with Crippen LogP contribution in [0.15, 0.2) is 83.5 Å². The molecule has 1 aliphatic heterocycles. The highest BCUT2D eigenvalue weighted by atomic mass is 16.5. The zero-order valence-corrected chi connectivity index (χ0v) is 16.9. The summed E-state index contributed by atoms with van der Waals surface area (Å²) in [7, 11) is 0. The van der Waals surface area contributed by atoms with Crippen LogP contribution in [0.25, 0.3) is 22.7 Å². The van der Waals surface area contributed by atoms with Gasteiger partial charge in [0.25, 0.3) is 5.91 Å². The molecule has 0 unspecified atom stereocenters. The van der Waals surface area contributed by atoms with Gasteiger partial charge in [0.2, 0.25) is 0 Å². The number of nitrogens with zero attached hydrogens (tertiary/aromatic N) is 5. The third-order valence-electron chi connectivity index (χ3n) is 5.35. The van der Waals surface area contributed by atoms with Crippen LogP contribution in [0.5, 0.6) is 0 Å². The van der Waals surface area contributed by atoms with Gasteiger partial charge in [-0.3, -0.25) is 4.79 Å². The van der Waals surface area contributed by atoms with Gasteiger partial charge in [0.15, 0.2) is 17.3 Å². The summed E-state index contributed by atoms with van der Waals surface area (Å²) in [5, 5.41) is 3.99. The van der Waals surface area contributed by atoms with Gasteiger partial charge in [-0.2, -0.15) is 0 Å². The fraction of sp³-hybridized carbons (Fsp3) is 0.167. The van der Waals surface area contributed by atoms with Crippen molar-refractivity contribution < 1.29 is 9.32 Å². The lowest BCUT2D eigenvalue weighted by Crippen LogP contribution is -2.49. The van der Waals surface area contributed by atoms with Crippen molar-refractivity contribution in [2.45, 2.75) is 0 Å². The maximum atomic E-state index is 12.9. The van der Waals surface area contributed by atoms with Gasteiger partial charge in [-0.25, -0.2) is 9.97 Å². The summed E-state index contributed by atoms with van der Waals surface area (Å²) < 4.78 is 5.38. The Morgan fingerprint density at radius 1 is 0.839 bits per heavy atom. The predicted octanol–water partition coefficient (Wildman–Crippen LogP) is 3.76. The largest absolute Gasteiger partial charge is 0.355 e. The van der Waals surface area contributed by atoms with Crippen molar-refractivity contribution in [3.05, 3.63) is 84.7 Å². The van der Waals surface area contributed by atoms with E-state index < -0.39 is 0 Å². The van der Waals surface area contributed by atoms with Gasteiger partial charge in [0.1, 0.15) is 5.82 Å². The number of amides is 1. The highest BCUT2D eigenvalue weighted by Gasteiger charge is 2.25. The molecule has 7 heteroatoms. The summed E-state index contributed by atoms with van der Waals surface area (Å²) >= 11 is 0. The minimum absolute atomic E-state index is 0.113. The van der Waals surface area contributed by atoms with E-state index in [1.807, 2.05) is 71.6 Å². The Bertz CT molecular complexity index is 1170. The number of hydrogen-bond acceptors (Lipinski definition) is 6. The first-order chi connectivity index (χ1) is 15.3. The van der Waals surface area contributed by atoms with E-state index in [9.17, 15) is 4.79 Å². The van der Waals surface area contributed by atoms with Gasteiger partial charge < -0.3 is 14.3 Å². The second kappa shape index (κ2) is 8.39. The standard InChI is InChI=1S/C24H21N5O2/c30-24(20-17-21(31-27-20)18-7-3-1-4-8-18)29-15-13-28(14-16-29)22-11-12-25-23(26-22)19-9-5-2-6-10-19/h1-12,17H,13-16H2. The lowest BCUT2D eigenvalue weighted by molar-refractivity contribution is 0.0736. The molecule has 1 saturated heterocycles. The number of piperazine rings is 1. The molecule has 3 heterocycles. The zero-order valence-electron chi connectivity index (χ0n) is 16.9. The van der Waals surface area contributed by atoms with Crippen LogP contribution < -0.4 is 4.90 Å². The van der Waals surface area contributed by atoms with Crippen LogP contribution in [0.4, 0.5) is 5.82 Å². The molecule has 7 nitrogen and oxygen atoms in total. The van der Waals surface area contributed by atoms with Crippen LogP contribution in [0, 0.1) is 0 Å². The van der Waals surface area contributed by atoms with Crippen LogP contribution >= 0.6 is 0 Å². The highest BCUT2D eigenvalue weighted by molar-refractivity contribution is 5.93. The number of hydrogen-bond donors (Lipinski definition) is 0. The molecule has 0 atom stereocenters. The van der Waals surface area contributed by atoms with Gasteiger partial charge in [-0.15, -0.1) is 0 Å². The maximum absolute atomic E-state index is 12.9. The molecule has 2 aromatic carbocycles. The van der Waals surface area contributed by atoms with E-state index in [1.54, 1.807) is 12.3 Å². The topological polar surface area (TPSA) is 75.4 Å². The molecule has 0 aliphatic carbocycles. The Morgan fingerprint density at radius 3 is 2.23 bits per heavy atom. The smallest absolute Gasteiger partial charge is 0.276 e. The molecule has 0 spiro atoms. The van der Waals surface area contributed by atoms with Crippen molar-refractivity contribution in [1.82, 2.24) is 20.0 Å². The monoisotopic (exact) mass is 411 g/mol. The maximum Gasteiger partial charge on any atom is 0.276 e. The Kier molecular flexibility index (Phi) is 5.14. The lowest BCUT2D eigenvalue weighted by Gasteiger charge is -2.35. The first-order valence-corrected chi connectivity index (χ1v) is 10.2. The molecule has 0 N–H and O–H groups in total. The molecule has 0 radical (unpaired) electrons. The molecule has 1 amide bonds. The van der Waals surface area contributed by atoms with Crippen molar-refractivity contribution in [2.75, 3.05) is 31.1 Å². The molecule has 0 saturated carbocycles. The fourth-order valence-corrected chi connectivity index (χ4v) is 3.67. The summed E-state index contributed by atoms with van der Waals surface area (Å²) in [6, 6.07) is 23.2. The Hall–Kier alpha value is -4.00. The highest BCUT2D eigenvalue weighted by Crippen LogP contribution is 2.22. The quantitative estimate of drug-likeness (QED) is 0.509. The van der Waals surface area contributed by atoms with Crippen LogP contribution in [-0.2, 0) is 0 Å². The SMILES string of the molecule is O=C(c1cc(-c2ccccc2)on1)N1CCN(c2ccnc(-c3ccccc3)n2)CC1.